The Balaban J connectivity index is 1.61. The molecule has 5 aliphatic carbocycles. The van der Waals surface area contributed by atoms with Crippen molar-refractivity contribution in [1.82, 2.24) is 0 Å². The van der Waals surface area contributed by atoms with E-state index in [0.29, 0.717) is 11.8 Å². The molecule has 0 aromatic carbocycles. The van der Waals surface area contributed by atoms with Crippen LogP contribution < -0.4 is 0 Å². The van der Waals surface area contributed by atoms with E-state index in [0.717, 1.165) is 5.92 Å². The van der Waals surface area contributed by atoms with Gasteiger partial charge in [-0.3, -0.25) is 9.59 Å². The Morgan fingerprint density at radius 3 is 2.28 bits per heavy atom. The maximum absolute atomic E-state index is 11.9. The first-order chi connectivity index (χ1) is 8.75. The molecule has 6 rings (SSSR count). The largest absolute Gasteiger partial charge is 0.393 e. The summed E-state index contributed by atoms with van der Waals surface area (Å²) < 4.78 is 4.88. The number of ether oxygens (including phenoxy) is 1. The van der Waals surface area contributed by atoms with Crippen molar-refractivity contribution >= 4 is 11.9 Å². The Morgan fingerprint density at radius 1 is 0.889 bits per heavy atom. The summed E-state index contributed by atoms with van der Waals surface area (Å²) in [4.78, 5) is 23.7. The molecule has 0 amide bonds. The van der Waals surface area contributed by atoms with Crippen molar-refractivity contribution in [3.63, 3.8) is 0 Å². The van der Waals surface area contributed by atoms with Gasteiger partial charge in [-0.15, -0.1) is 0 Å². The van der Waals surface area contributed by atoms with Crippen molar-refractivity contribution in [2.45, 2.75) is 12.8 Å². The predicted octanol–water partition coefficient (Wildman–Crippen LogP) is 1.70. The molecule has 1 saturated heterocycles. The predicted molar refractivity (Wildman–Crippen MR) is 62.0 cm³/mol. The molecule has 18 heavy (non-hydrogen) atoms. The van der Waals surface area contributed by atoms with E-state index in [1.54, 1.807) is 5.57 Å². The highest BCUT2D eigenvalue weighted by Gasteiger charge is 2.64. The van der Waals surface area contributed by atoms with E-state index in [9.17, 15) is 9.59 Å². The van der Waals surface area contributed by atoms with Crippen molar-refractivity contribution in [2.75, 3.05) is 0 Å². The van der Waals surface area contributed by atoms with Crippen LogP contribution in [0.3, 0.4) is 0 Å². The lowest BCUT2D eigenvalue weighted by Crippen LogP contribution is -2.53. The van der Waals surface area contributed by atoms with Crippen molar-refractivity contribution in [3.05, 3.63) is 23.8 Å². The number of hydrogen-bond acceptors (Lipinski definition) is 3. The van der Waals surface area contributed by atoms with Gasteiger partial charge in [-0.1, -0.05) is 23.8 Å². The van der Waals surface area contributed by atoms with Gasteiger partial charge in [-0.2, -0.15) is 0 Å². The number of allylic oxidation sites excluding steroid dienone is 4. The number of rotatable bonds is 1. The highest BCUT2D eigenvalue weighted by molar-refractivity contribution is 5.98. The molecular formula is C15H14O3. The topological polar surface area (TPSA) is 43.4 Å². The van der Waals surface area contributed by atoms with Gasteiger partial charge < -0.3 is 4.74 Å². The summed E-state index contributed by atoms with van der Waals surface area (Å²) in [7, 11) is 0. The molecule has 0 unspecified atom stereocenters. The third-order valence-electron chi connectivity index (χ3n) is 5.61. The van der Waals surface area contributed by atoms with Crippen LogP contribution in [0.5, 0.6) is 0 Å². The Hall–Kier alpha value is -1.38. The summed E-state index contributed by atoms with van der Waals surface area (Å²) in [6.45, 7) is 0. The van der Waals surface area contributed by atoms with Crippen LogP contribution in [0, 0.1) is 41.4 Å². The van der Waals surface area contributed by atoms with E-state index in [1.165, 1.54) is 12.8 Å². The summed E-state index contributed by atoms with van der Waals surface area (Å²) in [5.74, 6) is 1.33. The van der Waals surface area contributed by atoms with Crippen LogP contribution in [-0.2, 0) is 14.3 Å². The van der Waals surface area contributed by atoms with E-state index in [-0.39, 0.29) is 35.6 Å². The fraction of sp³-hybridized carbons (Fsp3) is 0.600. The summed E-state index contributed by atoms with van der Waals surface area (Å²) >= 11 is 0. The first-order valence-electron chi connectivity index (χ1n) is 6.91. The number of cyclic esters (lactones) is 2. The average molecular weight is 242 g/mol. The summed E-state index contributed by atoms with van der Waals surface area (Å²) in [5.41, 5.74) is 1.57. The van der Waals surface area contributed by atoms with Gasteiger partial charge in [0.2, 0.25) is 0 Å². The Labute approximate surface area is 105 Å². The third-order valence-corrected chi connectivity index (χ3v) is 5.61. The minimum Gasteiger partial charge on any atom is -0.393 e. The van der Waals surface area contributed by atoms with Crippen LogP contribution in [0.4, 0.5) is 0 Å². The fourth-order valence-electron chi connectivity index (χ4n) is 4.72. The molecule has 1 heterocycles. The van der Waals surface area contributed by atoms with E-state index in [1.807, 2.05) is 0 Å². The summed E-state index contributed by atoms with van der Waals surface area (Å²) in [6, 6.07) is 0. The number of carbonyl (C=O) groups excluding carboxylic acids is 2. The lowest BCUT2D eigenvalue weighted by atomic mass is 9.47. The zero-order valence-corrected chi connectivity index (χ0v) is 9.91. The summed E-state index contributed by atoms with van der Waals surface area (Å²) in [5, 5.41) is 0. The molecule has 0 aromatic heterocycles. The van der Waals surface area contributed by atoms with Gasteiger partial charge in [-0.05, 0) is 42.4 Å². The Morgan fingerprint density at radius 2 is 1.56 bits per heavy atom. The quantitative estimate of drug-likeness (QED) is 0.399. The molecular weight excluding hydrogens is 228 g/mol. The van der Waals surface area contributed by atoms with Crippen LogP contribution in [0.2, 0.25) is 0 Å². The van der Waals surface area contributed by atoms with Gasteiger partial charge in [-0.25, -0.2) is 0 Å². The minimum atomic E-state index is -0.281. The molecule has 3 nitrogen and oxygen atoms in total. The van der Waals surface area contributed by atoms with Gasteiger partial charge in [0.25, 0.3) is 0 Å². The number of carbonyl (C=O) groups is 2. The second kappa shape index (κ2) is 2.79. The van der Waals surface area contributed by atoms with E-state index in [4.69, 9.17) is 4.74 Å². The van der Waals surface area contributed by atoms with Crippen molar-refractivity contribution in [1.29, 1.82) is 0 Å². The van der Waals surface area contributed by atoms with E-state index < -0.39 is 0 Å². The molecule has 92 valence electrons. The fourth-order valence-corrected chi connectivity index (χ4v) is 4.72. The molecule has 2 bridgehead atoms. The Kier molecular flexibility index (Phi) is 1.48. The Bertz CT molecular complexity index is 540. The van der Waals surface area contributed by atoms with Crippen LogP contribution in [0.1, 0.15) is 12.8 Å². The highest BCUT2D eigenvalue weighted by Crippen LogP contribution is 2.64. The van der Waals surface area contributed by atoms with Crippen LogP contribution in [0.15, 0.2) is 23.8 Å². The molecule has 0 radical (unpaired) electrons. The third kappa shape index (κ3) is 0.909. The van der Waals surface area contributed by atoms with Crippen molar-refractivity contribution in [3.8, 4) is 0 Å². The lowest BCUT2D eigenvalue weighted by molar-refractivity contribution is -0.154. The van der Waals surface area contributed by atoms with E-state index >= 15 is 0 Å². The first kappa shape index (κ1) is 9.54. The first-order valence-corrected chi connectivity index (χ1v) is 6.91. The van der Waals surface area contributed by atoms with Crippen LogP contribution in [-0.4, -0.2) is 11.9 Å². The normalized spacial score (nSPS) is 51.4. The molecule has 0 aromatic rings. The van der Waals surface area contributed by atoms with Gasteiger partial charge in [0.1, 0.15) is 0 Å². The van der Waals surface area contributed by atoms with Gasteiger partial charge in [0, 0.05) is 0 Å². The number of hydrogen-bond donors (Lipinski definition) is 0. The molecule has 6 aliphatic rings. The van der Waals surface area contributed by atoms with Gasteiger partial charge in [0.15, 0.2) is 0 Å². The standard InChI is InChI=1S/C15H14O3/c16-14-12-7-3-4-8(13(12)15(17)18-14)11-9(5-10(7)11)6-1-2-6/h3-8,10-13H,1-2H2/t7-,8-,10-,11+,12-,13+/m0/s1. The summed E-state index contributed by atoms with van der Waals surface area (Å²) in [6.07, 6.45) is 9.35. The minimum absolute atomic E-state index is 0.184. The molecule has 6 atom stereocenters. The van der Waals surface area contributed by atoms with Crippen LogP contribution >= 0.6 is 0 Å². The molecule has 3 fully saturated rings. The van der Waals surface area contributed by atoms with Gasteiger partial charge in [0.05, 0.1) is 11.8 Å². The zero-order valence-electron chi connectivity index (χ0n) is 9.91. The molecule has 1 aliphatic heterocycles. The zero-order chi connectivity index (χ0) is 12.0. The average Bonchev–Trinajstić information content (AvgIpc) is 3.07. The van der Waals surface area contributed by atoms with Crippen molar-refractivity contribution in [2.24, 2.45) is 41.4 Å². The lowest BCUT2D eigenvalue weighted by Gasteiger charge is -2.54. The monoisotopic (exact) mass is 242 g/mol. The van der Waals surface area contributed by atoms with E-state index in [2.05, 4.69) is 18.2 Å². The number of esters is 2. The second-order valence-corrected chi connectivity index (χ2v) is 6.38. The maximum Gasteiger partial charge on any atom is 0.318 e. The SMILES string of the molecule is O=C1OC(=O)[C@H]2[C@H]3C=C[C@@H]([C@@H]4C(C5CC5)=C[C@@H]34)[C@@H]12. The molecule has 0 N–H and O–H groups in total. The molecule has 3 heteroatoms. The second-order valence-electron chi connectivity index (χ2n) is 6.38. The highest BCUT2D eigenvalue weighted by atomic mass is 16.6. The van der Waals surface area contributed by atoms with Gasteiger partial charge >= 0.3 is 11.9 Å². The van der Waals surface area contributed by atoms with Crippen molar-refractivity contribution < 1.29 is 14.3 Å². The molecule has 0 spiro atoms. The van der Waals surface area contributed by atoms with Crippen LogP contribution in [0.25, 0.3) is 0 Å². The maximum atomic E-state index is 11.9. The smallest absolute Gasteiger partial charge is 0.318 e. The molecule has 2 saturated carbocycles.